The maximum absolute atomic E-state index is 12.2. The molecule has 0 aliphatic rings. The van der Waals surface area contributed by atoms with Gasteiger partial charge in [-0.25, -0.2) is 4.79 Å². The number of nitrogens with zero attached hydrogens (tertiary/aromatic N) is 1. The van der Waals surface area contributed by atoms with Crippen molar-refractivity contribution in [2.75, 3.05) is 13.7 Å². The number of methoxy groups -OCH3 is 1. The summed E-state index contributed by atoms with van der Waals surface area (Å²) in [7, 11) is 1.28. The zero-order chi connectivity index (χ0) is 19.6. The Labute approximate surface area is 162 Å². The molecular weight excluding hydrogens is 368 g/mol. The van der Waals surface area contributed by atoms with Crippen molar-refractivity contribution in [1.82, 2.24) is 5.32 Å². The van der Waals surface area contributed by atoms with Gasteiger partial charge >= 0.3 is 5.97 Å². The van der Waals surface area contributed by atoms with Crippen LogP contribution < -0.4 is 10.1 Å². The van der Waals surface area contributed by atoms with Gasteiger partial charge in [-0.2, -0.15) is 5.26 Å². The lowest BCUT2D eigenvalue weighted by molar-refractivity contribution is -0.142. The van der Waals surface area contributed by atoms with E-state index in [1.165, 1.54) is 13.2 Å². The van der Waals surface area contributed by atoms with Gasteiger partial charge in [0, 0.05) is 11.6 Å². The van der Waals surface area contributed by atoms with Crippen LogP contribution in [0.25, 0.3) is 6.08 Å². The zero-order valence-corrected chi connectivity index (χ0v) is 15.3. The molecule has 1 amide bonds. The van der Waals surface area contributed by atoms with E-state index in [1.54, 1.807) is 48.5 Å². The average molecular weight is 385 g/mol. The van der Waals surface area contributed by atoms with Crippen LogP contribution >= 0.6 is 11.6 Å². The highest BCUT2D eigenvalue weighted by atomic mass is 35.5. The highest BCUT2D eigenvalue weighted by molar-refractivity contribution is 6.30. The largest absolute Gasteiger partial charge is 0.482 e. The van der Waals surface area contributed by atoms with E-state index in [1.807, 2.05) is 6.07 Å². The molecule has 1 N–H and O–H groups in total. The fraction of sp³-hybridized carbons (Fsp3) is 0.150. The maximum atomic E-state index is 12.2. The van der Waals surface area contributed by atoms with Gasteiger partial charge in [0.05, 0.1) is 7.11 Å². The third kappa shape index (κ3) is 6.49. The fourth-order valence-electron chi connectivity index (χ4n) is 2.06. The highest BCUT2D eigenvalue weighted by Gasteiger charge is 2.09. The number of halogens is 1. The average Bonchev–Trinajstić information content (AvgIpc) is 2.70. The van der Waals surface area contributed by atoms with Gasteiger partial charge in [-0.3, -0.25) is 4.79 Å². The summed E-state index contributed by atoms with van der Waals surface area (Å²) in [5.74, 6) is -0.482. The van der Waals surface area contributed by atoms with Crippen molar-refractivity contribution < 1.29 is 19.1 Å². The van der Waals surface area contributed by atoms with E-state index in [0.29, 0.717) is 16.3 Å². The van der Waals surface area contributed by atoms with Gasteiger partial charge < -0.3 is 14.8 Å². The Bertz CT molecular complexity index is 868. The Morgan fingerprint density at radius 1 is 1.15 bits per heavy atom. The molecule has 0 saturated carbocycles. The molecule has 0 fully saturated rings. The van der Waals surface area contributed by atoms with Crippen LogP contribution in [0.2, 0.25) is 5.02 Å². The Hall–Kier alpha value is -3.30. The third-order valence-corrected chi connectivity index (χ3v) is 3.76. The molecule has 0 atom stereocenters. The standard InChI is InChI=1S/C20H17ClN2O4/c1-26-19(24)13-27-18-8-4-14(5-9-18)10-16(11-22)20(25)23-12-15-2-6-17(21)7-3-15/h2-10H,12-13H2,1H3,(H,23,25)/b16-10+. The van der Waals surface area contributed by atoms with E-state index in [2.05, 4.69) is 10.1 Å². The normalized spacial score (nSPS) is 10.6. The van der Waals surface area contributed by atoms with Gasteiger partial charge in [0.2, 0.25) is 0 Å². The SMILES string of the molecule is COC(=O)COc1ccc(/C=C(\C#N)C(=O)NCc2ccc(Cl)cc2)cc1. The lowest BCUT2D eigenvalue weighted by Crippen LogP contribution is -2.23. The van der Waals surface area contributed by atoms with Crippen LogP contribution in [-0.4, -0.2) is 25.6 Å². The molecule has 0 aliphatic heterocycles. The summed E-state index contributed by atoms with van der Waals surface area (Å²) >= 11 is 5.82. The Morgan fingerprint density at radius 3 is 2.41 bits per heavy atom. The van der Waals surface area contributed by atoms with Crippen molar-refractivity contribution in [1.29, 1.82) is 5.26 Å². The van der Waals surface area contributed by atoms with E-state index in [-0.39, 0.29) is 18.7 Å². The molecule has 0 unspecified atom stereocenters. The van der Waals surface area contributed by atoms with Gasteiger partial charge in [0.15, 0.2) is 6.61 Å². The second kappa shape index (κ2) is 10.00. The van der Waals surface area contributed by atoms with Gasteiger partial charge in [0.25, 0.3) is 5.91 Å². The Kier molecular flexibility index (Phi) is 7.41. The number of hydrogen-bond donors (Lipinski definition) is 1. The molecule has 2 rings (SSSR count). The molecule has 7 heteroatoms. The predicted molar refractivity (Wildman–Crippen MR) is 101 cm³/mol. The number of hydrogen-bond acceptors (Lipinski definition) is 5. The van der Waals surface area contributed by atoms with Crippen LogP contribution in [0.3, 0.4) is 0 Å². The van der Waals surface area contributed by atoms with Crippen molar-refractivity contribution >= 4 is 29.6 Å². The van der Waals surface area contributed by atoms with E-state index >= 15 is 0 Å². The van der Waals surface area contributed by atoms with E-state index in [0.717, 1.165) is 5.56 Å². The van der Waals surface area contributed by atoms with Gasteiger partial charge in [0.1, 0.15) is 17.4 Å². The highest BCUT2D eigenvalue weighted by Crippen LogP contribution is 2.15. The molecule has 138 valence electrons. The zero-order valence-electron chi connectivity index (χ0n) is 14.6. The molecule has 2 aromatic carbocycles. The van der Waals surface area contributed by atoms with Crippen molar-refractivity contribution in [3.8, 4) is 11.8 Å². The first-order valence-electron chi connectivity index (χ1n) is 7.96. The minimum atomic E-state index is -0.483. The minimum absolute atomic E-state index is 0.0211. The van der Waals surface area contributed by atoms with E-state index < -0.39 is 11.9 Å². The summed E-state index contributed by atoms with van der Waals surface area (Å²) < 4.78 is 9.73. The summed E-state index contributed by atoms with van der Waals surface area (Å²) in [6, 6.07) is 15.6. The summed E-state index contributed by atoms with van der Waals surface area (Å²) in [5.41, 5.74) is 1.50. The van der Waals surface area contributed by atoms with Gasteiger partial charge in [-0.1, -0.05) is 35.9 Å². The molecule has 27 heavy (non-hydrogen) atoms. The number of nitriles is 1. The smallest absolute Gasteiger partial charge is 0.343 e. The molecule has 0 heterocycles. The Morgan fingerprint density at radius 2 is 1.81 bits per heavy atom. The summed E-state index contributed by atoms with van der Waals surface area (Å²) in [5, 5.41) is 12.5. The number of nitrogens with one attached hydrogen (secondary N) is 1. The number of amides is 1. The molecule has 6 nitrogen and oxygen atoms in total. The first-order valence-corrected chi connectivity index (χ1v) is 8.33. The number of benzene rings is 2. The number of rotatable bonds is 7. The van der Waals surface area contributed by atoms with Gasteiger partial charge in [-0.15, -0.1) is 0 Å². The molecular formula is C20H17ClN2O4. The lowest BCUT2D eigenvalue weighted by atomic mass is 10.1. The first-order chi connectivity index (χ1) is 13.0. The van der Waals surface area contributed by atoms with E-state index in [4.69, 9.17) is 16.3 Å². The van der Waals surface area contributed by atoms with E-state index in [9.17, 15) is 14.9 Å². The van der Waals surface area contributed by atoms with Gasteiger partial charge in [-0.05, 0) is 41.5 Å². The lowest BCUT2D eigenvalue weighted by Gasteiger charge is -2.06. The number of ether oxygens (including phenoxy) is 2. The minimum Gasteiger partial charge on any atom is -0.482 e. The molecule has 0 saturated heterocycles. The first kappa shape index (κ1) is 20.0. The predicted octanol–water partition coefficient (Wildman–Crippen LogP) is 3.12. The summed E-state index contributed by atoms with van der Waals surface area (Å²) in [4.78, 5) is 23.2. The topological polar surface area (TPSA) is 88.4 Å². The van der Waals surface area contributed by atoms with Crippen molar-refractivity contribution in [2.24, 2.45) is 0 Å². The summed E-state index contributed by atoms with van der Waals surface area (Å²) in [6.07, 6.45) is 1.47. The van der Waals surface area contributed by atoms with Crippen LogP contribution in [-0.2, 0) is 20.9 Å². The summed E-state index contributed by atoms with van der Waals surface area (Å²) in [6.45, 7) is 0.0948. The second-order valence-electron chi connectivity index (χ2n) is 5.41. The van der Waals surface area contributed by atoms with Crippen LogP contribution in [0.1, 0.15) is 11.1 Å². The van der Waals surface area contributed by atoms with Crippen molar-refractivity contribution in [3.63, 3.8) is 0 Å². The molecule has 0 bridgehead atoms. The quantitative estimate of drug-likeness (QED) is 0.450. The number of esters is 1. The molecule has 0 aromatic heterocycles. The Balaban J connectivity index is 1.97. The van der Waals surface area contributed by atoms with Crippen LogP contribution in [0.4, 0.5) is 0 Å². The van der Waals surface area contributed by atoms with Crippen LogP contribution in [0.5, 0.6) is 5.75 Å². The molecule has 0 radical (unpaired) electrons. The molecule has 0 spiro atoms. The van der Waals surface area contributed by atoms with Crippen molar-refractivity contribution in [3.05, 3.63) is 70.3 Å². The fourth-order valence-corrected chi connectivity index (χ4v) is 2.18. The van der Waals surface area contributed by atoms with Crippen LogP contribution in [0.15, 0.2) is 54.1 Å². The monoisotopic (exact) mass is 384 g/mol. The second-order valence-corrected chi connectivity index (χ2v) is 5.85. The molecule has 0 aliphatic carbocycles. The van der Waals surface area contributed by atoms with Crippen LogP contribution in [0, 0.1) is 11.3 Å². The van der Waals surface area contributed by atoms with Crippen molar-refractivity contribution in [2.45, 2.75) is 6.54 Å². The molecule has 2 aromatic rings. The maximum Gasteiger partial charge on any atom is 0.343 e. The number of carbonyl (C=O) groups is 2. The third-order valence-electron chi connectivity index (χ3n) is 3.51. The number of carbonyl (C=O) groups excluding carboxylic acids is 2.